The van der Waals surface area contributed by atoms with Crippen LogP contribution < -0.4 is 9.64 Å². The average Bonchev–Trinajstić information content (AvgIpc) is 3.09. The van der Waals surface area contributed by atoms with E-state index in [0.29, 0.717) is 22.6 Å². The maximum Gasteiger partial charge on any atom is 0.300 e. The van der Waals surface area contributed by atoms with E-state index in [1.54, 1.807) is 31.4 Å². The van der Waals surface area contributed by atoms with Gasteiger partial charge >= 0.3 is 0 Å². The first-order chi connectivity index (χ1) is 16.1. The number of aliphatic hydroxyl groups is 1. The molecule has 1 aliphatic heterocycles. The number of Topliss-reactive ketones (excluding diaryl/α,β-unsaturated/α-hetero) is 1. The number of anilines is 1. The number of carbonyl (C=O) groups is 2. The van der Waals surface area contributed by atoms with E-state index in [1.165, 1.54) is 4.90 Å². The molecule has 5 nitrogen and oxygen atoms in total. The number of amides is 1. The van der Waals surface area contributed by atoms with Gasteiger partial charge in [0, 0.05) is 11.3 Å². The number of methoxy groups -OCH3 is 1. The second-order valence-electron chi connectivity index (χ2n) is 9.56. The van der Waals surface area contributed by atoms with Gasteiger partial charge in [0.2, 0.25) is 0 Å². The Bertz CT molecular complexity index is 1280. The number of aryl methyl sites for hydroxylation is 1. The second-order valence-corrected chi connectivity index (χ2v) is 9.56. The largest absolute Gasteiger partial charge is 0.507 e. The summed E-state index contributed by atoms with van der Waals surface area (Å²) in [4.78, 5) is 28.1. The van der Waals surface area contributed by atoms with Crippen molar-refractivity contribution in [3.8, 4) is 5.75 Å². The molecule has 0 aliphatic carbocycles. The van der Waals surface area contributed by atoms with Crippen LogP contribution in [0.25, 0.3) is 5.76 Å². The monoisotopic (exact) mass is 455 g/mol. The minimum atomic E-state index is -0.796. The number of carbonyl (C=O) groups excluding carboxylic acids is 2. The number of ether oxygens (including phenoxy) is 1. The fourth-order valence-electron chi connectivity index (χ4n) is 4.30. The molecule has 3 aromatic rings. The maximum atomic E-state index is 13.4. The highest BCUT2D eigenvalue weighted by Crippen LogP contribution is 2.43. The van der Waals surface area contributed by atoms with Crippen molar-refractivity contribution in [2.45, 2.75) is 39.2 Å². The maximum absolute atomic E-state index is 13.4. The van der Waals surface area contributed by atoms with Crippen molar-refractivity contribution in [3.63, 3.8) is 0 Å². The summed E-state index contributed by atoms with van der Waals surface area (Å²) in [6.07, 6.45) is 0. The molecule has 0 saturated carbocycles. The summed E-state index contributed by atoms with van der Waals surface area (Å²) in [5.74, 6) is -0.963. The standard InChI is InChI=1S/C29H29NO4/c1-18-14-15-20(29(2,3)4)17-23(18)26(31)24-25(19-10-9-13-22(16-19)34-5)30(28(33)27(24)32)21-11-7-6-8-12-21/h6-17,25,31H,1-5H3/b26-24+. The van der Waals surface area contributed by atoms with E-state index in [-0.39, 0.29) is 16.7 Å². The van der Waals surface area contributed by atoms with Crippen LogP contribution in [0.5, 0.6) is 5.75 Å². The summed E-state index contributed by atoms with van der Waals surface area (Å²) in [7, 11) is 1.56. The van der Waals surface area contributed by atoms with Crippen LogP contribution in [-0.2, 0) is 15.0 Å². The highest BCUT2D eigenvalue weighted by molar-refractivity contribution is 6.51. The van der Waals surface area contributed by atoms with Crippen molar-refractivity contribution >= 4 is 23.1 Å². The Balaban J connectivity index is 1.99. The van der Waals surface area contributed by atoms with Crippen LogP contribution in [0.4, 0.5) is 5.69 Å². The molecule has 1 atom stereocenters. The van der Waals surface area contributed by atoms with Gasteiger partial charge in [-0.3, -0.25) is 14.5 Å². The van der Waals surface area contributed by atoms with Crippen LogP contribution in [0.15, 0.2) is 78.4 Å². The van der Waals surface area contributed by atoms with Crippen LogP contribution in [0.1, 0.15) is 49.1 Å². The lowest BCUT2D eigenvalue weighted by Gasteiger charge is -2.26. The lowest BCUT2D eigenvalue weighted by molar-refractivity contribution is -0.132. The molecule has 34 heavy (non-hydrogen) atoms. The van der Waals surface area contributed by atoms with Gasteiger partial charge in [0.25, 0.3) is 11.7 Å². The minimum Gasteiger partial charge on any atom is -0.507 e. The predicted molar refractivity (Wildman–Crippen MR) is 134 cm³/mol. The fourth-order valence-corrected chi connectivity index (χ4v) is 4.30. The molecular formula is C29H29NO4. The molecule has 1 unspecified atom stereocenters. The number of ketones is 1. The van der Waals surface area contributed by atoms with Crippen molar-refractivity contribution in [1.29, 1.82) is 0 Å². The van der Waals surface area contributed by atoms with Crippen LogP contribution in [-0.4, -0.2) is 23.9 Å². The third kappa shape index (κ3) is 4.10. The fraction of sp³-hybridized carbons (Fsp3) is 0.241. The summed E-state index contributed by atoms with van der Waals surface area (Å²) in [6, 6.07) is 21.3. The van der Waals surface area contributed by atoms with Crippen molar-refractivity contribution < 1.29 is 19.4 Å². The molecule has 1 fully saturated rings. The number of nitrogens with zero attached hydrogens (tertiary/aromatic N) is 1. The van der Waals surface area contributed by atoms with E-state index >= 15 is 0 Å². The first-order valence-electron chi connectivity index (χ1n) is 11.2. The number of hydrogen-bond donors (Lipinski definition) is 1. The van der Waals surface area contributed by atoms with Crippen molar-refractivity contribution in [1.82, 2.24) is 0 Å². The van der Waals surface area contributed by atoms with Gasteiger partial charge in [-0.05, 0) is 59.4 Å². The zero-order valence-electron chi connectivity index (χ0n) is 20.1. The van der Waals surface area contributed by atoms with Gasteiger partial charge in [0.15, 0.2) is 0 Å². The van der Waals surface area contributed by atoms with Crippen molar-refractivity contribution in [3.05, 3.63) is 101 Å². The van der Waals surface area contributed by atoms with Gasteiger partial charge in [-0.2, -0.15) is 0 Å². The molecule has 1 N–H and O–H groups in total. The zero-order chi connectivity index (χ0) is 24.6. The third-order valence-corrected chi connectivity index (χ3v) is 6.25. The van der Waals surface area contributed by atoms with E-state index in [4.69, 9.17) is 4.74 Å². The molecule has 174 valence electrons. The number of para-hydroxylation sites is 1. The number of aliphatic hydroxyl groups excluding tert-OH is 1. The Hall–Kier alpha value is -3.86. The minimum absolute atomic E-state index is 0.0660. The van der Waals surface area contributed by atoms with Gasteiger partial charge in [-0.25, -0.2) is 0 Å². The Kier molecular flexibility index (Phi) is 6.05. The zero-order valence-corrected chi connectivity index (χ0v) is 20.1. The summed E-state index contributed by atoms with van der Waals surface area (Å²) >= 11 is 0. The summed E-state index contributed by atoms with van der Waals surface area (Å²) in [5, 5.41) is 11.6. The van der Waals surface area contributed by atoms with Crippen molar-refractivity contribution in [2.24, 2.45) is 0 Å². The quantitative estimate of drug-likeness (QED) is 0.301. The van der Waals surface area contributed by atoms with Gasteiger partial charge in [0.1, 0.15) is 11.5 Å². The first kappa shape index (κ1) is 23.3. The Morgan fingerprint density at radius 3 is 2.29 bits per heavy atom. The van der Waals surface area contributed by atoms with Crippen LogP contribution in [0.2, 0.25) is 0 Å². The molecule has 5 heteroatoms. The molecule has 4 rings (SSSR count). The molecule has 0 aromatic heterocycles. The lowest BCUT2D eigenvalue weighted by Crippen LogP contribution is -2.29. The molecular weight excluding hydrogens is 426 g/mol. The van der Waals surface area contributed by atoms with Crippen molar-refractivity contribution in [2.75, 3.05) is 12.0 Å². The van der Waals surface area contributed by atoms with E-state index < -0.39 is 17.7 Å². The molecule has 1 aliphatic rings. The molecule has 1 amide bonds. The molecule has 3 aromatic carbocycles. The first-order valence-corrected chi connectivity index (χ1v) is 11.2. The number of rotatable bonds is 4. The van der Waals surface area contributed by atoms with Gasteiger partial charge < -0.3 is 9.84 Å². The summed E-state index contributed by atoms with van der Waals surface area (Å²) < 4.78 is 5.39. The van der Waals surface area contributed by atoms with Crippen LogP contribution in [0.3, 0.4) is 0 Å². The SMILES string of the molecule is COc1cccc(C2/C(=C(\O)c3cc(C(C)(C)C)ccc3C)C(=O)C(=O)N2c2ccccc2)c1. The molecule has 1 heterocycles. The number of benzene rings is 3. The van der Waals surface area contributed by atoms with Gasteiger partial charge in [0.05, 0.1) is 18.7 Å². The predicted octanol–water partition coefficient (Wildman–Crippen LogP) is 5.93. The Labute approximate surface area is 200 Å². The Morgan fingerprint density at radius 2 is 1.65 bits per heavy atom. The Morgan fingerprint density at radius 1 is 0.941 bits per heavy atom. The smallest absolute Gasteiger partial charge is 0.300 e. The topological polar surface area (TPSA) is 66.8 Å². The summed E-state index contributed by atoms with van der Waals surface area (Å²) in [6.45, 7) is 8.15. The van der Waals surface area contributed by atoms with Gasteiger partial charge in [-0.1, -0.05) is 63.2 Å². The van der Waals surface area contributed by atoms with Crippen LogP contribution >= 0.6 is 0 Å². The second kappa shape index (κ2) is 8.82. The lowest BCUT2D eigenvalue weighted by atomic mass is 9.84. The van der Waals surface area contributed by atoms with E-state index in [0.717, 1.165) is 11.1 Å². The number of hydrogen-bond acceptors (Lipinski definition) is 4. The van der Waals surface area contributed by atoms with E-state index in [2.05, 4.69) is 20.8 Å². The van der Waals surface area contributed by atoms with Gasteiger partial charge in [-0.15, -0.1) is 0 Å². The third-order valence-electron chi connectivity index (χ3n) is 6.25. The highest BCUT2D eigenvalue weighted by Gasteiger charge is 2.47. The average molecular weight is 456 g/mol. The molecule has 0 radical (unpaired) electrons. The highest BCUT2D eigenvalue weighted by atomic mass is 16.5. The summed E-state index contributed by atoms with van der Waals surface area (Å²) in [5.41, 5.74) is 3.56. The van der Waals surface area contributed by atoms with E-state index in [1.807, 2.05) is 55.5 Å². The molecule has 0 spiro atoms. The molecule has 0 bridgehead atoms. The molecule has 1 saturated heterocycles. The van der Waals surface area contributed by atoms with E-state index in [9.17, 15) is 14.7 Å². The van der Waals surface area contributed by atoms with Crippen LogP contribution in [0, 0.1) is 6.92 Å². The normalized spacial score (nSPS) is 17.8.